The van der Waals surface area contributed by atoms with E-state index in [0.717, 1.165) is 27.4 Å². The van der Waals surface area contributed by atoms with Crippen LogP contribution in [0.25, 0.3) is 27.4 Å². The van der Waals surface area contributed by atoms with Gasteiger partial charge in [0.2, 0.25) is 6.29 Å². The van der Waals surface area contributed by atoms with Gasteiger partial charge in [0.05, 0.1) is 42.7 Å². The molecule has 2 aliphatic heterocycles. The number of para-hydroxylation sites is 1. The molecule has 11 nitrogen and oxygen atoms in total. The van der Waals surface area contributed by atoms with Gasteiger partial charge in [-0.3, -0.25) is 4.98 Å². The van der Waals surface area contributed by atoms with Crippen LogP contribution in [0.1, 0.15) is 12.1 Å². The number of ether oxygens (including phenoxy) is 4. The lowest BCUT2D eigenvalue weighted by Crippen LogP contribution is -2.60. The lowest BCUT2D eigenvalue weighted by atomic mass is 9.82. The normalized spacial score (nSPS) is 33.0. The molecule has 0 unspecified atom stereocenters. The second kappa shape index (κ2) is 9.77. The minimum atomic E-state index is -1.61. The molecule has 200 valence electrons. The van der Waals surface area contributed by atoms with E-state index < -0.39 is 55.5 Å². The number of aromatic nitrogens is 2. The fraction of sp³-hybridized carbons (Fsp3) is 0.407. The van der Waals surface area contributed by atoms with Crippen molar-refractivity contribution in [1.29, 1.82) is 0 Å². The smallest absolute Gasteiger partial charge is 0.337 e. The summed E-state index contributed by atoms with van der Waals surface area (Å²) in [5, 5.41) is 42.5. The third-order valence-corrected chi connectivity index (χ3v) is 7.65. The molecule has 1 saturated heterocycles. The Morgan fingerprint density at radius 3 is 2.71 bits per heavy atom. The predicted octanol–water partition coefficient (Wildman–Crippen LogP) is 0.965. The number of esters is 1. The molecule has 1 fully saturated rings. The standard InChI is InChI=1S/C27H28N2O9/c1-35-25(34)16-11-36-26(38-27-24(33)23(32)22(31)18(10-30)37-27)19-13(16)6-7-15(19)20-21-14(8-9-28-20)12-4-2-3-5-17(12)29-21/h2-5,7-9,11,13,18-19,22-24,26-27,29-33H,6,10H2,1H3/t13-,18-,19+,22-,23+,24-,26-,27+/m1/s1. The average molecular weight is 525 g/mol. The van der Waals surface area contributed by atoms with E-state index in [-0.39, 0.29) is 5.92 Å². The van der Waals surface area contributed by atoms with Gasteiger partial charge in [0.15, 0.2) is 6.29 Å². The minimum absolute atomic E-state index is 0.334. The third-order valence-electron chi connectivity index (χ3n) is 7.65. The fourth-order valence-corrected chi connectivity index (χ4v) is 5.72. The van der Waals surface area contributed by atoms with Crippen LogP contribution in [0.15, 0.2) is 54.4 Å². The monoisotopic (exact) mass is 524 g/mol. The molecule has 11 heteroatoms. The first-order chi connectivity index (χ1) is 18.4. The number of fused-ring (bicyclic) bond motifs is 4. The molecule has 0 radical (unpaired) electrons. The van der Waals surface area contributed by atoms with Crippen LogP contribution in [-0.2, 0) is 23.7 Å². The number of methoxy groups -OCH3 is 1. The fourth-order valence-electron chi connectivity index (χ4n) is 5.72. The maximum absolute atomic E-state index is 12.6. The highest BCUT2D eigenvalue weighted by Gasteiger charge is 2.50. The Morgan fingerprint density at radius 1 is 1.11 bits per heavy atom. The molecule has 1 aliphatic carbocycles. The van der Waals surface area contributed by atoms with Gasteiger partial charge in [-0.1, -0.05) is 24.3 Å². The van der Waals surface area contributed by atoms with Crippen LogP contribution >= 0.6 is 0 Å². The summed E-state index contributed by atoms with van der Waals surface area (Å²) in [4.78, 5) is 20.7. The van der Waals surface area contributed by atoms with E-state index in [1.807, 2.05) is 36.4 Å². The molecule has 3 aliphatic rings. The number of carbonyl (C=O) groups is 1. The van der Waals surface area contributed by atoms with Crippen molar-refractivity contribution in [3.63, 3.8) is 0 Å². The first-order valence-corrected chi connectivity index (χ1v) is 12.4. The Labute approximate surface area is 216 Å². The molecular weight excluding hydrogens is 496 g/mol. The number of H-pyrrole nitrogens is 1. The number of aliphatic hydroxyl groups excluding tert-OH is 4. The van der Waals surface area contributed by atoms with Gasteiger partial charge < -0.3 is 44.4 Å². The van der Waals surface area contributed by atoms with Gasteiger partial charge in [0, 0.05) is 28.4 Å². The Hall–Kier alpha value is -3.32. The van der Waals surface area contributed by atoms with Gasteiger partial charge in [-0.2, -0.15) is 0 Å². The topological polar surface area (TPSA) is 164 Å². The highest BCUT2D eigenvalue weighted by atomic mass is 16.8. The quantitative estimate of drug-likeness (QED) is 0.304. The molecular formula is C27H28N2O9. The molecule has 3 aromatic rings. The highest BCUT2D eigenvalue weighted by molar-refractivity contribution is 6.10. The Morgan fingerprint density at radius 2 is 1.92 bits per heavy atom. The van der Waals surface area contributed by atoms with Gasteiger partial charge in [-0.25, -0.2) is 4.79 Å². The molecule has 6 rings (SSSR count). The highest BCUT2D eigenvalue weighted by Crippen LogP contribution is 2.49. The largest absolute Gasteiger partial charge is 0.471 e. The first kappa shape index (κ1) is 25.0. The number of nitrogens with zero attached hydrogens (tertiary/aromatic N) is 1. The van der Waals surface area contributed by atoms with Crippen LogP contribution < -0.4 is 0 Å². The van der Waals surface area contributed by atoms with Crippen molar-refractivity contribution in [2.75, 3.05) is 13.7 Å². The zero-order chi connectivity index (χ0) is 26.6. The molecule has 0 spiro atoms. The summed E-state index contributed by atoms with van der Waals surface area (Å²) >= 11 is 0. The number of nitrogens with one attached hydrogen (secondary N) is 1. The SMILES string of the molecule is COC(=O)C1=CO[C@H](O[C@@H]2O[C@H](CO)[C@@H](O)[C@H](O)[C@H]2O)[C@@H]2C(c3nccc4c3[nH]c3ccccc34)=CC[C@H]12. The molecule has 5 N–H and O–H groups in total. The molecule has 4 heterocycles. The van der Waals surface area contributed by atoms with E-state index in [1.165, 1.54) is 13.4 Å². The number of hydrogen-bond donors (Lipinski definition) is 5. The van der Waals surface area contributed by atoms with Crippen LogP contribution in [0, 0.1) is 11.8 Å². The van der Waals surface area contributed by atoms with E-state index in [0.29, 0.717) is 17.7 Å². The Bertz CT molecular complexity index is 1430. The lowest BCUT2D eigenvalue weighted by Gasteiger charge is -2.42. The van der Waals surface area contributed by atoms with E-state index in [4.69, 9.17) is 18.9 Å². The van der Waals surface area contributed by atoms with E-state index >= 15 is 0 Å². The maximum atomic E-state index is 12.6. The van der Waals surface area contributed by atoms with Crippen LogP contribution in [0.3, 0.4) is 0 Å². The Kier molecular flexibility index (Phi) is 6.42. The van der Waals surface area contributed by atoms with Gasteiger partial charge in [-0.15, -0.1) is 0 Å². The number of carbonyl (C=O) groups excluding carboxylic acids is 1. The summed E-state index contributed by atoms with van der Waals surface area (Å²) in [6, 6.07) is 9.86. The zero-order valence-electron chi connectivity index (χ0n) is 20.4. The summed E-state index contributed by atoms with van der Waals surface area (Å²) < 4.78 is 22.5. The van der Waals surface area contributed by atoms with Gasteiger partial charge in [0.25, 0.3) is 0 Å². The summed E-state index contributed by atoms with van der Waals surface area (Å²) in [7, 11) is 1.30. The van der Waals surface area contributed by atoms with Gasteiger partial charge >= 0.3 is 5.97 Å². The van der Waals surface area contributed by atoms with Crippen molar-refractivity contribution in [3.05, 3.63) is 60.1 Å². The number of pyridine rings is 1. The Balaban J connectivity index is 1.39. The molecule has 2 aromatic heterocycles. The van der Waals surface area contributed by atoms with Crippen LogP contribution in [0.4, 0.5) is 0 Å². The van der Waals surface area contributed by atoms with Gasteiger partial charge in [-0.05, 0) is 24.1 Å². The van der Waals surface area contributed by atoms with Crippen molar-refractivity contribution >= 4 is 33.3 Å². The van der Waals surface area contributed by atoms with Crippen molar-refractivity contribution in [1.82, 2.24) is 9.97 Å². The number of hydrogen-bond acceptors (Lipinski definition) is 10. The molecule has 0 saturated carbocycles. The maximum Gasteiger partial charge on any atom is 0.337 e. The molecule has 1 aromatic carbocycles. The van der Waals surface area contributed by atoms with Crippen molar-refractivity contribution in [2.24, 2.45) is 11.8 Å². The number of benzene rings is 1. The second-order valence-electron chi connectivity index (χ2n) is 9.68. The number of aliphatic hydroxyl groups is 4. The summed E-state index contributed by atoms with van der Waals surface area (Å²) in [5.74, 6) is -1.45. The first-order valence-electron chi connectivity index (χ1n) is 12.4. The van der Waals surface area contributed by atoms with Crippen LogP contribution in [-0.4, -0.2) is 87.1 Å². The summed E-state index contributed by atoms with van der Waals surface area (Å²) in [5.41, 5.74) is 3.55. The van der Waals surface area contributed by atoms with E-state index in [9.17, 15) is 25.2 Å². The molecule has 0 bridgehead atoms. The zero-order valence-corrected chi connectivity index (χ0v) is 20.4. The summed E-state index contributed by atoms with van der Waals surface area (Å²) in [6.45, 7) is -0.591. The van der Waals surface area contributed by atoms with Crippen LogP contribution in [0.5, 0.6) is 0 Å². The van der Waals surface area contributed by atoms with E-state index in [2.05, 4.69) is 9.97 Å². The average Bonchev–Trinajstić information content (AvgIpc) is 3.55. The lowest BCUT2D eigenvalue weighted by molar-refractivity contribution is -0.338. The van der Waals surface area contributed by atoms with Gasteiger partial charge in [0.1, 0.15) is 24.4 Å². The minimum Gasteiger partial charge on any atom is -0.471 e. The van der Waals surface area contributed by atoms with E-state index in [1.54, 1.807) is 6.20 Å². The molecule has 8 atom stereocenters. The predicted molar refractivity (Wildman–Crippen MR) is 133 cm³/mol. The third kappa shape index (κ3) is 3.90. The van der Waals surface area contributed by atoms with Crippen molar-refractivity contribution < 1.29 is 44.2 Å². The number of allylic oxidation sites excluding steroid dienone is 1. The van der Waals surface area contributed by atoms with Crippen molar-refractivity contribution in [2.45, 2.75) is 43.4 Å². The van der Waals surface area contributed by atoms with Crippen LogP contribution in [0.2, 0.25) is 0 Å². The van der Waals surface area contributed by atoms with Crippen molar-refractivity contribution in [3.8, 4) is 0 Å². The number of rotatable bonds is 5. The molecule has 0 amide bonds. The second-order valence-corrected chi connectivity index (χ2v) is 9.68. The molecule has 38 heavy (non-hydrogen) atoms. The number of aromatic amines is 1. The summed E-state index contributed by atoms with van der Waals surface area (Å²) in [6.07, 6.45) is -2.86.